The minimum atomic E-state index is -0.462. The van der Waals surface area contributed by atoms with Crippen molar-refractivity contribution in [2.75, 3.05) is 24.5 Å². The Bertz CT molecular complexity index is 1100. The number of amides is 2. The number of aliphatic imine (C=N–C) groups is 1. The molecule has 2 aliphatic rings. The summed E-state index contributed by atoms with van der Waals surface area (Å²) in [5, 5.41) is 17.9. The Kier molecular flexibility index (Phi) is 5.62. The van der Waals surface area contributed by atoms with Gasteiger partial charge in [-0.15, -0.1) is 0 Å². The van der Waals surface area contributed by atoms with Gasteiger partial charge in [0.05, 0.1) is 29.2 Å². The highest BCUT2D eigenvalue weighted by atomic mass is 16.3. The number of β-amino-alcohol motifs (C(OH)–C–C–N with tert-alkyl or cyclic N) is 1. The second kappa shape index (κ2) is 8.22. The van der Waals surface area contributed by atoms with E-state index < -0.39 is 12.0 Å². The van der Waals surface area contributed by atoms with E-state index in [1.807, 2.05) is 31.7 Å². The van der Waals surface area contributed by atoms with Crippen LogP contribution >= 0.6 is 0 Å². The fourth-order valence-electron chi connectivity index (χ4n) is 4.13. The molecule has 0 radical (unpaired) electrons. The number of pyridine rings is 1. The number of carbonyl (C=O) groups excluding carboxylic acids is 2. The van der Waals surface area contributed by atoms with Crippen LogP contribution in [0.5, 0.6) is 0 Å². The first-order valence-electron chi connectivity index (χ1n) is 10.6. The predicted molar refractivity (Wildman–Crippen MR) is 118 cm³/mol. The molecule has 9 heteroatoms. The van der Waals surface area contributed by atoms with Gasteiger partial charge >= 0.3 is 0 Å². The Balaban J connectivity index is 1.65. The molecule has 4 rings (SSSR count). The number of hydrogen-bond acceptors (Lipinski definition) is 6. The smallest absolute Gasteiger partial charge is 0.254 e. The van der Waals surface area contributed by atoms with Crippen LogP contribution in [0.1, 0.15) is 50.5 Å². The van der Waals surface area contributed by atoms with Crippen molar-refractivity contribution in [2.24, 2.45) is 10.9 Å². The molecule has 164 valence electrons. The molecule has 2 aromatic rings. The zero-order valence-corrected chi connectivity index (χ0v) is 18.3. The molecule has 31 heavy (non-hydrogen) atoms. The van der Waals surface area contributed by atoms with E-state index in [1.165, 1.54) is 0 Å². The van der Waals surface area contributed by atoms with E-state index in [9.17, 15) is 14.7 Å². The molecule has 0 spiro atoms. The molecule has 9 nitrogen and oxygen atoms in total. The fourth-order valence-corrected chi connectivity index (χ4v) is 4.13. The Morgan fingerprint density at radius 3 is 2.77 bits per heavy atom. The summed E-state index contributed by atoms with van der Waals surface area (Å²) in [5.41, 5.74) is 2.65. The Morgan fingerprint density at radius 1 is 1.35 bits per heavy atom. The highest BCUT2D eigenvalue weighted by Gasteiger charge is 2.27. The first kappa shape index (κ1) is 21.2. The molecule has 0 bridgehead atoms. The topological polar surface area (TPSA) is 113 Å². The maximum absolute atomic E-state index is 13.2. The van der Waals surface area contributed by atoms with Crippen LogP contribution in [0.4, 0.5) is 5.82 Å². The quantitative estimate of drug-likeness (QED) is 0.758. The van der Waals surface area contributed by atoms with Crippen molar-refractivity contribution in [3.63, 3.8) is 0 Å². The maximum Gasteiger partial charge on any atom is 0.254 e. The lowest BCUT2D eigenvalue weighted by molar-refractivity contribution is -0.120. The second-order valence-corrected chi connectivity index (χ2v) is 8.58. The van der Waals surface area contributed by atoms with Crippen LogP contribution in [0.15, 0.2) is 28.9 Å². The lowest BCUT2D eigenvalue weighted by Crippen LogP contribution is -2.35. The number of dihydropyridines is 1. The first-order valence-corrected chi connectivity index (χ1v) is 10.6. The van der Waals surface area contributed by atoms with Gasteiger partial charge in [0.2, 0.25) is 0 Å². The number of aliphatic hydroxyl groups excluding tert-OH is 1. The number of anilines is 1. The van der Waals surface area contributed by atoms with Crippen LogP contribution in [0.25, 0.3) is 11.0 Å². The number of aromatic nitrogens is 3. The van der Waals surface area contributed by atoms with E-state index >= 15 is 0 Å². The molecule has 2 aromatic heterocycles. The zero-order valence-electron chi connectivity index (χ0n) is 18.3. The van der Waals surface area contributed by atoms with Crippen molar-refractivity contribution in [2.45, 2.75) is 46.3 Å². The Labute approximate surface area is 180 Å². The Hall–Kier alpha value is -3.07. The van der Waals surface area contributed by atoms with Crippen molar-refractivity contribution in [3.05, 3.63) is 29.5 Å². The number of carbonyl (C=O) groups is 2. The molecular weight excluding hydrogens is 396 g/mol. The van der Waals surface area contributed by atoms with Crippen molar-refractivity contribution in [1.29, 1.82) is 0 Å². The van der Waals surface area contributed by atoms with Crippen LogP contribution in [-0.2, 0) is 4.79 Å². The van der Waals surface area contributed by atoms with E-state index in [2.05, 4.69) is 15.4 Å². The minimum Gasteiger partial charge on any atom is -0.391 e. The summed E-state index contributed by atoms with van der Waals surface area (Å²) in [7, 11) is 0. The lowest BCUT2D eigenvalue weighted by atomic mass is 9.95. The molecule has 4 heterocycles. The number of fused-ring (bicyclic) bond motifs is 1. The molecule has 1 fully saturated rings. The third kappa shape index (κ3) is 4.10. The van der Waals surface area contributed by atoms with Crippen LogP contribution in [0.2, 0.25) is 0 Å². The van der Waals surface area contributed by atoms with Crippen LogP contribution in [0, 0.1) is 5.92 Å². The van der Waals surface area contributed by atoms with Gasteiger partial charge < -0.3 is 15.3 Å². The average molecular weight is 425 g/mol. The average Bonchev–Trinajstić information content (AvgIpc) is 3.32. The zero-order chi connectivity index (χ0) is 22.3. The van der Waals surface area contributed by atoms with Gasteiger partial charge in [-0.25, -0.2) is 14.7 Å². The maximum atomic E-state index is 13.2. The molecule has 1 saturated heterocycles. The van der Waals surface area contributed by atoms with Gasteiger partial charge in [-0.1, -0.05) is 5.57 Å². The van der Waals surface area contributed by atoms with Gasteiger partial charge in [-0.2, -0.15) is 5.10 Å². The summed E-state index contributed by atoms with van der Waals surface area (Å²) in [6, 6.07) is 1.82. The van der Waals surface area contributed by atoms with Gasteiger partial charge in [0.15, 0.2) is 5.65 Å². The normalized spacial score (nSPS) is 21.6. The summed E-state index contributed by atoms with van der Waals surface area (Å²) in [4.78, 5) is 36.2. The number of allylic oxidation sites excluding steroid dienone is 1. The van der Waals surface area contributed by atoms with Gasteiger partial charge in [0, 0.05) is 31.4 Å². The van der Waals surface area contributed by atoms with Crippen LogP contribution in [0.3, 0.4) is 0 Å². The molecule has 0 saturated carbocycles. The van der Waals surface area contributed by atoms with E-state index in [0.717, 1.165) is 5.57 Å². The molecule has 2 aliphatic heterocycles. The highest BCUT2D eigenvalue weighted by Crippen LogP contribution is 2.27. The van der Waals surface area contributed by atoms with Crippen molar-refractivity contribution >= 4 is 34.4 Å². The molecular formula is C22H28N6O3. The van der Waals surface area contributed by atoms with E-state index in [1.54, 1.807) is 23.9 Å². The number of rotatable bonds is 5. The van der Waals surface area contributed by atoms with Gasteiger partial charge in [0.1, 0.15) is 5.82 Å². The molecule has 0 aromatic carbocycles. The first-order chi connectivity index (χ1) is 14.7. The number of aliphatic hydroxyl groups is 1. The van der Waals surface area contributed by atoms with Gasteiger partial charge in [0.25, 0.3) is 11.8 Å². The van der Waals surface area contributed by atoms with E-state index in [4.69, 9.17) is 4.98 Å². The third-order valence-corrected chi connectivity index (χ3v) is 5.81. The predicted octanol–water partition coefficient (Wildman–Crippen LogP) is 1.88. The third-order valence-electron chi connectivity index (χ3n) is 5.81. The Morgan fingerprint density at radius 2 is 2.13 bits per heavy atom. The van der Waals surface area contributed by atoms with Gasteiger partial charge in [-0.3, -0.25) is 9.59 Å². The fraction of sp³-hybridized carbons (Fsp3) is 0.500. The summed E-state index contributed by atoms with van der Waals surface area (Å²) in [6.07, 6.45) is 3.79. The highest BCUT2D eigenvalue weighted by molar-refractivity contribution is 6.07. The SMILES string of the molecule is CC1=CC(C)=NC(=O)C1CNC(=O)c1cc(N2CCC(O)C2)nc2c1cnn2C(C)C. The molecule has 2 amide bonds. The number of nitrogens with one attached hydrogen (secondary N) is 1. The molecule has 2 N–H and O–H groups in total. The monoisotopic (exact) mass is 424 g/mol. The summed E-state index contributed by atoms with van der Waals surface area (Å²) in [5.74, 6) is -0.348. The second-order valence-electron chi connectivity index (χ2n) is 8.58. The van der Waals surface area contributed by atoms with E-state index in [0.29, 0.717) is 47.6 Å². The number of nitrogens with zero attached hydrogens (tertiary/aromatic N) is 5. The lowest BCUT2D eigenvalue weighted by Gasteiger charge is -2.20. The van der Waals surface area contributed by atoms with Crippen molar-refractivity contribution in [1.82, 2.24) is 20.1 Å². The van der Waals surface area contributed by atoms with E-state index in [-0.39, 0.29) is 24.4 Å². The van der Waals surface area contributed by atoms with Crippen molar-refractivity contribution < 1.29 is 14.7 Å². The summed E-state index contributed by atoms with van der Waals surface area (Å²) >= 11 is 0. The van der Waals surface area contributed by atoms with Crippen LogP contribution in [-0.4, -0.2) is 63.1 Å². The van der Waals surface area contributed by atoms with Crippen LogP contribution < -0.4 is 10.2 Å². The largest absolute Gasteiger partial charge is 0.391 e. The number of hydrogen-bond donors (Lipinski definition) is 2. The minimum absolute atomic E-state index is 0.0778. The standard InChI is InChI=1S/C22H28N6O3/c1-12(2)28-20-18(10-24-28)16(8-19(26-20)27-6-5-15(29)11-27)21(30)23-9-17-13(3)7-14(4)25-22(17)31/h7-8,10,12,15,17,29H,5-6,9,11H2,1-4H3,(H,23,30). The van der Waals surface area contributed by atoms with Gasteiger partial charge in [-0.05, 0) is 46.3 Å². The molecule has 2 atom stereocenters. The molecule has 2 unspecified atom stereocenters. The summed E-state index contributed by atoms with van der Waals surface area (Å²) < 4.78 is 1.79. The molecule has 0 aliphatic carbocycles. The van der Waals surface area contributed by atoms with Crippen molar-refractivity contribution in [3.8, 4) is 0 Å². The summed E-state index contributed by atoms with van der Waals surface area (Å²) in [6.45, 7) is 9.01.